The first-order chi connectivity index (χ1) is 12.0. The summed E-state index contributed by atoms with van der Waals surface area (Å²) in [7, 11) is 0. The van der Waals surface area contributed by atoms with Crippen molar-refractivity contribution in [3.8, 4) is 0 Å². The SMILES string of the molecule is Cc1cc(C)cc(C(CO)NC(=O)c2cc3nccnc3cc2C)c1. The van der Waals surface area contributed by atoms with Gasteiger partial charge in [0.2, 0.25) is 0 Å². The molecule has 0 saturated heterocycles. The zero-order valence-electron chi connectivity index (χ0n) is 14.6. The first-order valence-corrected chi connectivity index (χ1v) is 8.19. The molecule has 5 nitrogen and oxygen atoms in total. The fraction of sp³-hybridized carbons (Fsp3) is 0.250. The normalized spacial score (nSPS) is 12.2. The van der Waals surface area contributed by atoms with E-state index in [4.69, 9.17) is 0 Å². The molecule has 3 aromatic rings. The smallest absolute Gasteiger partial charge is 0.252 e. The van der Waals surface area contributed by atoms with Gasteiger partial charge in [-0.2, -0.15) is 0 Å². The maximum absolute atomic E-state index is 12.8. The minimum Gasteiger partial charge on any atom is -0.394 e. The average molecular weight is 335 g/mol. The van der Waals surface area contributed by atoms with E-state index in [0.717, 1.165) is 27.8 Å². The number of hydrogen-bond acceptors (Lipinski definition) is 4. The molecule has 0 aliphatic heterocycles. The number of hydrogen-bond donors (Lipinski definition) is 2. The van der Waals surface area contributed by atoms with Gasteiger partial charge in [0.1, 0.15) is 0 Å². The quantitative estimate of drug-likeness (QED) is 0.768. The van der Waals surface area contributed by atoms with E-state index in [2.05, 4.69) is 21.4 Å². The summed E-state index contributed by atoms with van der Waals surface area (Å²) in [5, 5.41) is 12.7. The number of carbonyl (C=O) groups is 1. The Kier molecular flexibility index (Phi) is 4.76. The van der Waals surface area contributed by atoms with E-state index < -0.39 is 6.04 Å². The number of rotatable bonds is 4. The number of nitrogens with zero attached hydrogens (tertiary/aromatic N) is 2. The van der Waals surface area contributed by atoms with Crippen molar-refractivity contribution >= 4 is 16.9 Å². The number of aliphatic hydroxyl groups excluding tert-OH is 1. The molecule has 1 heterocycles. The van der Waals surface area contributed by atoms with Gasteiger partial charge in [-0.15, -0.1) is 0 Å². The predicted molar refractivity (Wildman–Crippen MR) is 97.5 cm³/mol. The third-order valence-corrected chi connectivity index (χ3v) is 4.19. The van der Waals surface area contributed by atoms with Crippen molar-refractivity contribution in [3.05, 3.63) is 70.5 Å². The van der Waals surface area contributed by atoms with E-state index in [1.54, 1.807) is 18.5 Å². The molecule has 1 atom stereocenters. The molecule has 0 aliphatic carbocycles. The predicted octanol–water partition coefficient (Wildman–Crippen LogP) is 3.02. The molecule has 2 N–H and O–H groups in total. The number of fused-ring (bicyclic) bond motifs is 1. The van der Waals surface area contributed by atoms with Crippen molar-refractivity contribution in [2.24, 2.45) is 0 Å². The van der Waals surface area contributed by atoms with E-state index in [1.807, 2.05) is 39.0 Å². The van der Waals surface area contributed by atoms with Crippen LogP contribution in [0.15, 0.2) is 42.7 Å². The van der Waals surface area contributed by atoms with Crippen molar-refractivity contribution in [2.45, 2.75) is 26.8 Å². The van der Waals surface area contributed by atoms with Crippen molar-refractivity contribution < 1.29 is 9.90 Å². The maximum atomic E-state index is 12.8. The Balaban J connectivity index is 1.91. The third-order valence-electron chi connectivity index (χ3n) is 4.19. The second-order valence-electron chi connectivity index (χ2n) is 6.34. The van der Waals surface area contributed by atoms with Crippen LogP contribution in [0.1, 0.15) is 38.7 Å². The van der Waals surface area contributed by atoms with E-state index >= 15 is 0 Å². The molecule has 0 radical (unpaired) electrons. The molecular formula is C20H21N3O2. The summed E-state index contributed by atoms with van der Waals surface area (Å²) in [6, 6.07) is 9.15. The Hall–Kier alpha value is -2.79. The highest BCUT2D eigenvalue weighted by Gasteiger charge is 2.18. The van der Waals surface area contributed by atoms with Gasteiger partial charge in [-0.05, 0) is 44.0 Å². The highest BCUT2D eigenvalue weighted by Crippen LogP contribution is 2.20. The molecule has 0 spiro atoms. The summed E-state index contributed by atoms with van der Waals surface area (Å²) in [5.74, 6) is -0.233. The van der Waals surface area contributed by atoms with Gasteiger partial charge in [0.15, 0.2) is 0 Å². The molecule has 0 fully saturated rings. The zero-order chi connectivity index (χ0) is 18.0. The summed E-state index contributed by atoms with van der Waals surface area (Å²) in [6.07, 6.45) is 3.23. The summed E-state index contributed by atoms with van der Waals surface area (Å²) in [6.45, 7) is 5.70. The molecule has 3 rings (SSSR count). The number of aryl methyl sites for hydroxylation is 3. The Morgan fingerprint density at radius 3 is 2.20 bits per heavy atom. The zero-order valence-corrected chi connectivity index (χ0v) is 14.6. The average Bonchev–Trinajstić information content (AvgIpc) is 2.57. The summed E-state index contributed by atoms with van der Waals surface area (Å²) in [4.78, 5) is 21.3. The lowest BCUT2D eigenvalue weighted by Gasteiger charge is -2.19. The second-order valence-corrected chi connectivity index (χ2v) is 6.34. The van der Waals surface area contributed by atoms with Gasteiger partial charge in [0, 0.05) is 18.0 Å². The number of amides is 1. The molecule has 0 saturated carbocycles. The van der Waals surface area contributed by atoms with Crippen LogP contribution in [-0.2, 0) is 0 Å². The minimum atomic E-state index is -0.456. The monoisotopic (exact) mass is 335 g/mol. The molecule has 0 bridgehead atoms. The van der Waals surface area contributed by atoms with Crippen LogP contribution >= 0.6 is 0 Å². The molecule has 25 heavy (non-hydrogen) atoms. The molecule has 2 aromatic carbocycles. The van der Waals surface area contributed by atoms with Crippen molar-refractivity contribution in [2.75, 3.05) is 6.61 Å². The highest BCUT2D eigenvalue weighted by molar-refractivity contribution is 5.99. The van der Waals surface area contributed by atoms with Crippen molar-refractivity contribution in [3.63, 3.8) is 0 Å². The van der Waals surface area contributed by atoms with E-state index in [1.165, 1.54) is 0 Å². The molecule has 128 valence electrons. The second kappa shape index (κ2) is 6.99. The van der Waals surface area contributed by atoms with Crippen molar-refractivity contribution in [1.29, 1.82) is 0 Å². The lowest BCUT2D eigenvalue weighted by atomic mass is 10.0. The third kappa shape index (κ3) is 3.67. The molecule has 5 heteroatoms. The lowest BCUT2D eigenvalue weighted by molar-refractivity contribution is 0.0915. The topological polar surface area (TPSA) is 75.1 Å². The first kappa shape index (κ1) is 17.0. The Morgan fingerprint density at radius 1 is 1.00 bits per heavy atom. The van der Waals surface area contributed by atoms with E-state index in [-0.39, 0.29) is 12.5 Å². The standard InChI is InChI=1S/C20H21N3O2/c1-12-6-13(2)8-15(7-12)19(11-24)23-20(25)16-10-18-17(9-14(16)3)21-4-5-22-18/h4-10,19,24H,11H2,1-3H3,(H,23,25). The number of carbonyl (C=O) groups excluding carboxylic acids is 1. The fourth-order valence-electron chi connectivity index (χ4n) is 3.04. The Morgan fingerprint density at radius 2 is 1.60 bits per heavy atom. The van der Waals surface area contributed by atoms with Crippen LogP contribution in [0.5, 0.6) is 0 Å². The fourth-order valence-corrected chi connectivity index (χ4v) is 3.04. The summed E-state index contributed by atoms with van der Waals surface area (Å²) in [5.41, 5.74) is 5.87. The Labute approximate surface area is 146 Å². The van der Waals surface area contributed by atoms with E-state index in [9.17, 15) is 9.90 Å². The lowest BCUT2D eigenvalue weighted by Crippen LogP contribution is -2.31. The maximum Gasteiger partial charge on any atom is 0.252 e. The molecule has 1 aromatic heterocycles. The van der Waals surface area contributed by atoms with Crippen molar-refractivity contribution in [1.82, 2.24) is 15.3 Å². The number of nitrogens with one attached hydrogen (secondary N) is 1. The van der Waals surface area contributed by atoms with Gasteiger partial charge >= 0.3 is 0 Å². The van der Waals surface area contributed by atoms with Gasteiger partial charge in [-0.3, -0.25) is 14.8 Å². The summed E-state index contributed by atoms with van der Waals surface area (Å²) < 4.78 is 0. The van der Waals surface area contributed by atoms with Crippen LogP contribution in [-0.4, -0.2) is 27.6 Å². The Bertz CT molecular complexity index is 917. The van der Waals surface area contributed by atoms with Crippen LogP contribution in [0, 0.1) is 20.8 Å². The molecule has 0 aliphatic rings. The molecule has 1 amide bonds. The first-order valence-electron chi connectivity index (χ1n) is 8.19. The highest BCUT2D eigenvalue weighted by atomic mass is 16.3. The number of aromatic nitrogens is 2. The number of benzene rings is 2. The molecular weight excluding hydrogens is 314 g/mol. The van der Waals surface area contributed by atoms with Gasteiger partial charge < -0.3 is 10.4 Å². The van der Waals surface area contributed by atoms with Crippen LogP contribution in [0.4, 0.5) is 0 Å². The van der Waals surface area contributed by atoms with Gasteiger partial charge in [-0.1, -0.05) is 29.3 Å². The van der Waals surface area contributed by atoms with Gasteiger partial charge in [0.25, 0.3) is 5.91 Å². The van der Waals surface area contributed by atoms with Crippen LogP contribution in [0.25, 0.3) is 11.0 Å². The summed E-state index contributed by atoms with van der Waals surface area (Å²) >= 11 is 0. The number of aliphatic hydroxyl groups is 1. The largest absolute Gasteiger partial charge is 0.394 e. The van der Waals surface area contributed by atoms with Gasteiger partial charge in [0.05, 0.1) is 23.7 Å². The van der Waals surface area contributed by atoms with Crippen LogP contribution in [0.2, 0.25) is 0 Å². The minimum absolute atomic E-state index is 0.166. The van der Waals surface area contributed by atoms with E-state index in [0.29, 0.717) is 11.1 Å². The molecule has 1 unspecified atom stereocenters. The van der Waals surface area contributed by atoms with Crippen LogP contribution in [0.3, 0.4) is 0 Å². The van der Waals surface area contributed by atoms with Gasteiger partial charge in [-0.25, -0.2) is 0 Å². The van der Waals surface area contributed by atoms with Crippen LogP contribution < -0.4 is 5.32 Å².